The summed E-state index contributed by atoms with van der Waals surface area (Å²) in [6, 6.07) is 13.1. The van der Waals surface area contributed by atoms with E-state index in [4.69, 9.17) is 9.31 Å². The van der Waals surface area contributed by atoms with Gasteiger partial charge in [0.2, 0.25) is 10.0 Å². The molecule has 0 unspecified atom stereocenters. The number of sulfonamides is 1. The first-order chi connectivity index (χ1) is 13.5. The van der Waals surface area contributed by atoms with Gasteiger partial charge < -0.3 is 9.31 Å². The fourth-order valence-corrected chi connectivity index (χ4v) is 3.84. The van der Waals surface area contributed by atoms with Crippen molar-refractivity contribution in [3.05, 3.63) is 48.8 Å². The molecule has 3 aromatic rings. The van der Waals surface area contributed by atoms with Gasteiger partial charge in [0, 0.05) is 5.69 Å². The zero-order chi connectivity index (χ0) is 21.0. The standard InChI is InChI=1S/C20H24BN3O4S/c1-19(2)20(3,4)28-21(27-19)14-9-10-17-18(11-14)24(13-22-17)16-8-6-7-15(12-16)23-29(5,25)26/h6-13,23H,1-5H3. The van der Waals surface area contributed by atoms with E-state index in [9.17, 15) is 8.42 Å². The fraction of sp³-hybridized carbons (Fsp3) is 0.350. The molecule has 1 aliphatic heterocycles. The Hall–Kier alpha value is -2.36. The second kappa shape index (κ2) is 6.58. The van der Waals surface area contributed by atoms with Gasteiger partial charge in [-0.15, -0.1) is 0 Å². The minimum atomic E-state index is -3.35. The monoisotopic (exact) mass is 413 g/mol. The summed E-state index contributed by atoms with van der Waals surface area (Å²) in [4.78, 5) is 4.47. The highest BCUT2D eigenvalue weighted by Crippen LogP contribution is 2.36. The van der Waals surface area contributed by atoms with Gasteiger partial charge in [-0.3, -0.25) is 9.29 Å². The summed E-state index contributed by atoms with van der Waals surface area (Å²) in [5.74, 6) is 0. The average molecular weight is 413 g/mol. The molecule has 0 aliphatic carbocycles. The normalized spacial score (nSPS) is 18.3. The second-order valence-corrected chi connectivity index (χ2v) is 10.1. The van der Waals surface area contributed by atoms with E-state index < -0.39 is 28.3 Å². The van der Waals surface area contributed by atoms with E-state index in [0.717, 1.165) is 28.4 Å². The predicted octanol–water partition coefficient (Wildman–Crippen LogP) is 2.70. The van der Waals surface area contributed by atoms with Crippen LogP contribution in [0.3, 0.4) is 0 Å². The molecule has 0 amide bonds. The third-order valence-electron chi connectivity index (χ3n) is 5.52. The highest BCUT2D eigenvalue weighted by atomic mass is 32.2. The van der Waals surface area contributed by atoms with Gasteiger partial charge in [-0.25, -0.2) is 13.4 Å². The molecule has 2 aromatic carbocycles. The number of aromatic nitrogens is 2. The molecule has 29 heavy (non-hydrogen) atoms. The number of fused-ring (bicyclic) bond motifs is 1. The lowest BCUT2D eigenvalue weighted by Crippen LogP contribution is -2.41. The van der Waals surface area contributed by atoms with Crippen LogP contribution >= 0.6 is 0 Å². The van der Waals surface area contributed by atoms with E-state index in [1.807, 2.05) is 56.5 Å². The maximum Gasteiger partial charge on any atom is 0.494 e. The molecule has 2 heterocycles. The maximum absolute atomic E-state index is 11.5. The topological polar surface area (TPSA) is 82.5 Å². The van der Waals surface area contributed by atoms with Gasteiger partial charge in [-0.2, -0.15) is 0 Å². The van der Waals surface area contributed by atoms with Crippen LogP contribution in [0.4, 0.5) is 5.69 Å². The third kappa shape index (κ3) is 3.77. The van der Waals surface area contributed by atoms with Gasteiger partial charge in [0.1, 0.15) is 6.33 Å². The summed E-state index contributed by atoms with van der Waals surface area (Å²) in [5, 5.41) is 0. The fourth-order valence-electron chi connectivity index (χ4n) is 3.29. The Labute approximate surface area is 171 Å². The molecule has 9 heteroatoms. The van der Waals surface area contributed by atoms with Crippen LogP contribution in [-0.2, 0) is 19.3 Å². The van der Waals surface area contributed by atoms with Gasteiger partial charge in [0.25, 0.3) is 0 Å². The first-order valence-electron chi connectivity index (χ1n) is 9.36. The van der Waals surface area contributed by atoms with E-state index in [1.54, 1.807) is 24.5 Å². The SMILES string of the molecule is CC1(C)OB(c2ccc3ncn(-c4cccc(NS(C)(=O)=O)c4)c3c2)OC1(C)C. The molecular weight excluding hydrogens is 389 g/mol. The van der Waals surface area contributed by atoms with Crippen molar-refractivity contribution in [3.8, 4) is 5.69 Å². The Bertz CT molecular complexity index is 1170. The van der Waals surface area contributed by atoms with Crippen LogP contribution in [0.15, 0.2) is 48.8 Å². The van der Waals surface area contributed by atoms with Crippen LogP contribution in [0.1, 0.15) is 27.7 Å². The Morgan fingerprint density at radius 2 is 1.72 bits per heavy atom. The Balaban J connectivity index is 1.73. The molecule has 0 atom stereocenters. The molecule has 4 rings (SSSR count). The molecule has 1 N–H and O–H groups in total. The molecular formula is C20H24BN3O4S. The van der Waals surface area contributed by atoms with Crippen molar-refractivity contribution >= 4 is 39.3 Å². The first kappa shape index (κ1) is 19.9. The molecule has 1 fully saturated rings. The zero-order valence-corrected chi connectivity index (χ0v) is 17.9. The third-order valence-corrected chi connectivity index (χ3v) is 6.13. The van der Waals surface area contributed by atoms with Crippen LogP contribution in [0.2, 0.25) is 0 Å². The molecule has 0 radical (unpaired) electrons. The largest absolute Gasteiger partial charge is 0.494 e. The summed E-state index contributed by atoms with van der Waals surface area (Å²) in [6.45, 7) is 8.10. The van der Waals surface area contributed by atoms with E-state index in [0.29, 0.717) is 5.69 Å². The summed E-state index contributed by atoms with van der Waals surface area (Å²) in [7, 11) is -3.82. The van der Waals surface area contributed by atoms with Crippen molar-refractivity contribution in [1.82, 2.24) is 9.55 Å². The summed E-state index contributed by atoms with van der Waals surface area (Å²) >= 11 is 0. The summed E-state index contributed by atoms with van der Waals surface area (Å²) in [5.41, 5.74) is 3.07. The molecule has 0 bridgehead atoms. The van der Waals surface area contributed by atoms with Crippen LogP contribution < -0.4 is 10.2 Å². The lowest BCUT2D eigenvalue weighted by molar-refractivity contribution is 0.00578. The molecule has 0 saturated carbocycles. The lowest BCUT2D eigenvalue weighted by Gasteiger charge is -2.32. The number of hydrogen-bond donors (Lipinski definition) is 1. The zero-order valence-electron chi connectivity index (χ0n) is 17.1. The Morgan fingerprint density at radius 1 is 1.03 bits per heavy atom. The van der Waals surface area contributed by atoms with Gasteiger partial charge in [-0.05, 0) is 63.5 Å². The molecule has 7 nitrogen and oxygen atoms in total. The minimum absolute atomic E-state index is 0.418. The molecule has 1 aromatic heterocycles. The van der Waals surface area contributed by atoms with Crippen molar-refractivity contribution < 1.29 is 17.7 Å². The van der Waals surface area contributed by atoms with Crippen LogP contribution in [0.25, 0.3) is 16.7 Å². The van der Waals surface area contributed by atoms with Crippen LogP contribution in [0, 0.1) is 0 Å². The minimum Gasteiger partial charge on any atom is -0.399 e. The Morgan fingerprint density at radius 3 is 2.38 bits per heavy atom. The Kier molecular flexibility index (Phi) is 4.53. The molecule has 1 aliphatic rings. The maximum atomic E-state index is 11.5. The molecule has 152 valence electrons. The number of benzene rings is 2. The smallest absolute Gasteiger partial charge is 0.399 e. The van der Waals surface area contributed by atoms with Gasteiger partial charge in [0.15, 0.2) is 0 Å². The van der Waals surface area contributed by atoms with Crippen molar-refractivity contribution in [2.45, 2.75) is 38.9 Å². The number of imidazole rings is 1. The number of anilines is 1. The average Bonchev–Trinajstić information content (AvgIpc) is 3.11. The second-order valence-electron chi connectivity index (χ2n) is 8.38. The van der Waals surface area contributed by atoms with Crippen LogP contribution in [-0.4, -0.2) is 42.5 Å². The van der Waals surface area contributed by atoms with Crippen molar-refractivity contribution in [3.63, 3.8) is 0 Å². The molecule has 1 saturated heterocycles. The number of hydrogen-bond acceptors (Lipinski definition) is 5. The summed E-state index contributed by atoms with van der Waals surface area (Å²) in [6.07, 6.45) is 2.85. The van der Waals surface area contributed by atoms with Crippen LogP contribution in [0.5, 0.6) is 0 Å². The van der Waals surface area contributed by atoms with Gasteiger partial charge in [-0.1, -0.05) is 12.1 Å². The van der Waals surface area contributed by atoms with Crippen molar-refractivity contribution in [2.75, 3.05) is 11.0 Å². The number of nitrogens with one attached hydrogen (secondary N) is 1. The number of nitrogens with zero attached hydrogens (tertiary/aromatic N) is 2. The van der Waals surface area contributed by atoms with E-state index in [-0.39, 0.29) is 0 Å². The van der Waals surface area contributed by atoms with Crippen molar-refractivity contribution in [2.24, 2.45) is 0 Å². The van der Waals surface area contributed by atoms with E-state index >= 15 is 0 Å². The first-order valence-corrected chi connectivity index (χ1v) is 11.3. The lowest BCUT2D eigenvalue weighted by atomic mass is 9.79. The highest BCUT2D eigenvalue weighted by molar-refractivity contribution is 7.92. The van der Waals surface area contributed by atoms with Gasteiger partial charge in [0.05, 0.1) is 34.2 Å². The predicted molar refractivity (Wildman–Crippen MR) is 115 cm³/mol. The quantitative estimate of drug-likeness (QED) is 0.666. The van der Waals surface area contributed by atoms with E-state index in [1.165, 1.54) is 0 Å². The summed E-state index contributed by atoms with van der Waals surface area (Å²) < 4.78 is 39.9. The van der Waals surface area contributed by atoms with Gasteiger partial charge >= 0.3 is 7.12 Å². The molecule has 0 spiro atoms. The number of rotatable bonds is 4. The van der Waals surface area contributed by atoms with Crippen molar-refractivity contribution in [1.29, 1.82) is 0 Å². The van der Waals surface area contributed by atoms with E-state index in [2.05, 4.69) is 9.71 Å². The highest BCUT2D eigenvalue weighted by Gasteiger charge is 2.51.